The first-order valence-electron chi connectivity index (χ1n) is 7.71. The van der Waals surface area contributed by atoms with Crippen molar-refractivity contribution in [3.05, 3.63) is 42.2 Å². The predicted molar refractivity (Wildman–Crippen MR) is 80.6 cm³/mol. The molecule has 3 rings (SSSR count). The highest BCUT2D eigenvalue weighted by Crippen LogP contribution is 2.21. The average Bonchev–Trinajstić information content (AvgIpc) is 3.03. The molecule has 22 heavy (non-hydrogen) atoms. The Morgan fingerprint density at radius 2 is 1.91 bits per heavy atom. The summed E-state index contributed by atoms with van der Waals surface area (Å²) in [5.74, 6) is 1.03. The Bertz CT molecular complexity index is 630. The molecule has 1 amide bonds. The first-order chi connectivity index (χ1) is 10.7. The van der Waals surface area contributed by atoms with Crippen LogP contribution in [0, 0.1) is 5.82 Å². The van der Waals surface area contributed by atoms with E-state index in [0.29, 0.717) is 24.5 Å². The van der Waals surface area contributed by atoms with Crippen molar-refractivity contribution in [2.45, 2.75) is 32.1 Å². The second kappa shape index (κ2) is 6.73. The van der Waals surface area contributed by atoms with Crippen LogP contribution in [-0.4, -0.2) is 28.9 Å². The van der Waals surface area contributed by atoms with Gasteiger partial charge in [-0.05, 0) is 43.5 Å². The van der Waals surface area contributed by atoms with E-state index in [0.717, 1.165) is 31.5 Å². The summed E-state index contributed by atoms with van der Waals surface area (Å²) < 4.78 is 18.5. The average molecular weight is 302 g/mol. The van der Waals surface area contributed by atoms with Crippen molar-refractivity contribution in [2.24, 2.45) is 0 Å². The summed E-state index contributed by atoms with van der Waals surface area (Å²) in [6, 6.07) is 6.08. The molecule has 0 atom stereocenters. The molecule has 0 aliphatic carbocycles. The molecule has 2 aromatic rings. The minimum atomic E-state index is -0.282. The van der Waals surface area contributed by atoms with Gasteiger partial charge >= 0.3 is 0 Å². The molecule has 2 heterocycles. The molecule has 0 unspecified atom stereocenters. The van der Waals surface area contributed by atoms with Crippen molar-refractivity contribution < 1.29 is 13.6 Å². The van der Waals surface area contributed by atoms with Gasteiger partial charge in [0.25, 0.3) is 0 Å². The second-order valence-corrected chi connectivity index (χ2v) is 5.57. The SMILES string of the molecule is O=C(CCc1ncc(-c2ccc(F)cc2)o1)N1CCCCC1. The maximum Gasteiger partial charge on any atom is 0.223 e. The molecule has 1 aliphatic rings. The summed E-state index contributed by atoms with van der Waals surface area (Å²) in [4.78, 5) is 18.2. The number of hydrogen-bond donors (Lipinski definition) is 0. The van der Waals surface area contributed by atoms with Crippen LogP contribution in [0.5, 0.6) is 0 Å². The molecule has 0 spiro atoms. The van der Waals surface area contributed by atoms with Crippen LogP contribution < -0.4 is 0 Å². The number of hydrogen-bond acceptors (Lipinski definition) is 3. The number of aromatic nitrogens is 1. The summed E-state index contributed by atoms with van der Waals surface area (Å²) in [6.07, 6.45) is 5.94. The molecule has 0 radical (unpaired) electrons. The molecular formula is C17H19FN2O2. The Balaban J connectivity index is 1.57. The van der Waals surface area contributed by atoms with Crippen molar-refractivity contribution in [3.63, 3.8) is 0 Å². The van der Waals surface area contributed by atoms with Gasteiger partial charge in [-0.3, -0.25) is 4.79 Å². The van der Waals surface area contributed by atoms with E-state index in [1.807, 2.05) is 4.90 Å². The van der Waals surface area contributed by atoms with Crippen molar-refractivity contribution in [3.8, 4) is 11.3 Å². The lowest BCUT2D eigenvalue weighted by Gasteiger charge is -2.26. The highest BCUT2D eigenvalue weighted by molar-refractivity contribution is 5.76. The fraction of sp³-hybridized carbons (Fsp3) is 0.412. The van der Waals surface area contributed by atoms with Gasteiger partial charge in [0.2, 0.25) is 5.91 Å². The van der Waals surface area contributed by atoms with Crippen LogP contribution in [0.15, 0.2) is 34.9 Å². The summed E-state index contributed by atoms with van der Waals surface area (Å²) in [5.41, 5.74) is 0.780. The van der Waals surface area contributed by atoms with Crippen LogP contribution in [0.3, 0.4) is 0 Å². The number of oxazole rings is 1. The van der Waals surface area contributed by atoms with Gasteiger partial charge in [-0.15, -0.1) is 0 Å². The van der Waals surface area contributed by atoms with Crippen LogP contribution in [-0.2, 0) is 11.2 Å². The number of aryl methyl sites for hydroxylation is 1. The Kier molecular flexibility index (Phi) is 4.51. The maximum atomic E-state index is 12.9. The molecule has 1 aromatic carbocycles. The van der Waals surface area contributed by atoms with Gasteiger partial charge < -0.3 is 9.32 Å². The molecule has 0 N–H and O–H groups in total. The molecule has 0 saturated carbocycles. The minimum absolute atomic E-state index is 0.168. The fourth-order valence-corrected chi connectivity index (χ4v) is 2.69. The summed E-state index contributed by atoms with van der Waals surface area (Å²) >= 11 is 0. The van der Waals surface area contributed by atoms with E-state index in [4.69, 9.17) is 4.42 Å². The van der Waals surface area contributed by atoms with E-state index in [9.17, 15) is 9.18 Å². The van der Waals surface area contributed by atoms with Crippen LogP contribution in [0.4, 0.5) is 4.39 Å². The van der Waals surface area contributed by atoms with Gasteiger partial charge in [0, 0.05) is 31.5 Å². The van der Waals surface area contributed by atoms with E-state index < -0.39 is 0 Å². The third kappa shape index (κ3) is 3.53. The standard InChI is InChI=1S/C17H19FN2O2/c18-14-6-4-13(5-7-14)15-12-19-16(22-15)8-9-17(21)20-10-2-1-3-11-20/h4-7,12H,1-3,8-11H2. The minimum Gasteiger partial charge on any atom is -0.441 e. The zero-order chi connectivity index (χ0) is 15.4. The van der Waals surface area contributed by atoms with E-state index >= 15 is 0 Å². The first-order valence-corrected chi connectivity index (χ1v) is 7.71. The van der Waals surface area contributed by atoms with Crippen molar-refractivity contribution >= 4 is 5.91 Å². The molecule has 5 heteroatoms. The smallest absolute Gasteiger partial charge is 0.223 e. The van der Waals surface area contributed by atoms with Gasteiger partial charge in [-0.2, -0.15) is 0 Å². The van der Waals surface area contributed by atoms with E-state index in [-0.39, 0.29) is 11.7 Å². The molecular weight excluding hydrogens is 283 g/mol. The van der Waals surface area contributed by atoms with Crippen LogP contribution in [0.25, 0.3) is 11.3 Å². The first kappa shape index (κ1) is 14.8. The van der Waals surface area contributed by atoms with Gasteiger partial charge in [-0.1, -0.05) is 0 Å². The monoisotopic (exact) mass is 302 g/mol. The zero-order valence-electron chi connectivity index (χ0n) is 12.4. The Morgan fingerprint density at radius 1 is 1.18 bits per heavy atom. The zero-order valence-corrected chi connectivity index (χ0v) is 12.4. The third-order valence-electron chi connectivity index (χ3n) is 3.94. The fourth-order valence-electron chi connectivity index (χ4n) is 2.69. The highest BCUT2D eigenvalue weighted by atomic mass is 19.1. The summed E-state index contributed by atoms with van der Waals surface area (Å²) in [5, 5.41) is 0. The molecule has 0 bridgehead atoms. The van der Waals surface area contributed by atoms with Crippen LogP contribution in [0.1, 0.15) is 31.6 Å². The number of carbonyl (C=O) groups excluding carboxylic acids is 1. The largest absolute Gasteiger partial charge is 0.441 e. The van der Waals surface area contributed by atoms with Gasteiger partial charge in [-0.25, -0.2) is 9.37 Å². The van der Waals surface area contributed by atoms with Gasteiger partial charge in [0.1, 0.15) is 5.82 Å². The lowest BCUT2D eigenvalue weighted by Crippen LogP contribution is -2.35. The number of piperidine rings is 1. The number of likely N-dealkylation sites (tertiary alicyclic amines) is 1. The predicted octanol–water partition coefficient (Wildman–Crippen LogP) is 3.43. The molecule has 4 nitrogen and oxygen atoms in total. The second-order valence-electron chi connectivity index (χ2n) is 5.57. The van der Waals surface area contributed by atoms with Gasteiger partial charge in [0.05, 0.1) is 6.20 Å². The quantitative estimate of drug-likeness (QED) is 0.869. The maximum absolute atomic E-state index is 12.9. The highest BCUT2D eigenvalue weighted by Gasteiger charge is 2.17. The Labute approximate surface area is 129 Å². The number of rotatable bonds is 4. The van der Waals surface area contributed by atoms with E-state index in [1.54, 1.807) is 18.3 Å². The lowest BCUT2D eigenvalue weighted by atomic mass is 10.1. The van der Waals surface area contributed by atoms with E-state index in [2.05, 4.69) is 4.98 Å². The third-order valence-corrected chi connectivity index (χ3v) is 3.94. The molecule has 116 valence electrons. The molecule has 1 aromatic heterocycles. The number of nitrogens with zero attached hydrogens (tertiary/aromatic N) is 2. The number of carbonyl (C=O) groups is 1. The van der Waals surface area contributed by atoms with Crippen LogP contribution >= 0.6 is 0 Å². The molecule has 1 aliphatic heterocycles. The number of halogens is 1. The van der Waals surface area contributed by atoms with Crippen molar-refractivity contribution in [1.82, 2.24) is 9.88 Å². The number of amides is 1. The Morgan fingerprint density at radius 3 is 2.64 bits per heavy atom. The van der Waals surface area contributed by atoms with Crippen molar-refractivity contribution in [2.75, 3.05) is 13.1 Å². The topological polar surface area (TPSA) is 46.3 Å². The summed E-state index contributed by atoms with van der Waals surface area (Å²) in [7, 11) is 0. The van der Waals surface area contributed by atoms with Crippen LogP contribution in [0.2, 0.25) is 0 Å². The Hall–Kier alpha value is -2.17. The molecule has 1 saturated heterocycles. The number of benzene rings is 1. The normalized spacial score (nSPS) is 15.0. The van der Waals surface area contributed by atoms with Gasteiger partial charge in [0.15, 0.2) is 11.7 Å². The van der Waals surface area contributed by atoms with Crippen molar-refractivity contribution in [1.29, 1.82) is 0 Å². The lowest BCUT2D eigenvalue weighted by molar-refractivity contribution is -0.132. The van der Waals surface area contributed by atoms with E-state index in [1.165, 1.54) is 18.6 Å². The molecule has 1 fully saturated rings. The summed E-state index contributed by atoms with van der Waals surface area (Å²) in [6.45, 7) is 1.73.